The SMILES string of the molecule is NCC1(NC2CCCCCC2)CCCCCCC1. The molecule has 0 aromatic carbocycles. The highest BCUT2D eigenvalue weighted by Crippen LogP contribution is 2.28. The molecule has 0 saturated heterocycles. The molecule has 106 valence electrons. The summed E-state index contributed by atoms with van der Waals surface area (Å²) in [7, 11) is 0. The van der Waals surface area contributed by atoms with Crippen LogP contribution >= 0.6 is 0 Å². The van der Waals surface area contributed by atoms with E-state index in [9.17, 15) is 0 Å². The van der Waals surface area contributed by atoms with Crippen LogP contribution in [0, 0.1) is 0 Å². The third-order valence-corrected chi connectivity index (χ3v) is 5.07. The van der Waals surface area contributed by atoms with Crippen LogP contribution < -0.4 is 11.1 Å². The van der Waals surface area contributed by atoms with E-state index in [-0.39, 0.29) is 5.54 Å². The van der Waals surface area contributed by atoms with Crippen LogP contribution in [0.2, 0.25) is 0 Å². The summed E-state index contributed by atoms with van der Waals surface area (Å²) in [5, 5.41) is 4.00. The monoisotopic (exact) mass is 252 g/mol. The third kappa shape index (κ3) is 4.24. The van der Waals surface area contributed by atoms with Gasteiger partial charge in [0.15, 0.2) is 0 Å². The standard InChI is InChI=1S/C16H32N2/c17-14-16(12-8-4-1-5-9-13-16)18-15-10-6-2-3-7-11-15/h15,18H,1-14,17H2. The first-order valence-electron chi connectivity index (χ1n) is 8.32. The van der Waals surface area contributed by atoms with Crippen molar-refractivity contribution in [3.05, 3.63) is 0 Å². The summed E-state index contributed by atoms with van der Waals surface area (Å²) in [5.74, 6) is 0. The average Bonchev–Trinajstić information content (AvgIpc) is 2.61. The fraction of sp³-hybridized carbons (Fsp3) is 1.00. The first-order chi connectivity index (χ1) is 8.85. The number of nitrogens with two attached hydrogens (primary N) is 1. The van der Waals surface area contributed by atoms with E-state index in [1.54, 1.807) is 0 Å². The molecule has 3 N–H and O–H groups in total. The van der Waals surface area contributed by atoms with E-state index in [1.807, 2.05) is 0 Å². The van der Waals surface area contributed by atoms with Crippen molar-refractivity contribution in [3.63, 3.8) is 0 Å². The summed E-state index contributed by atoms with van der Waals surface area (Å²) >= 11 is 0. The molecule has 0 aromatic rings. The van der Waals surface area contributed by atoms with E-state index < -0.39 is 0 Å². The van der Waals surface area contributed by atoms with Crippen molar-refractivity contribution in [2.45, 2.75) is 95.1 Å². The summed E-state index contributed by atoms with van der Waals surface area (Å²) < 4.78 is 0. The number of nitrogens with one attached hydrogen (secondary N) is 1. The lowest BCUT2D eigenvalue weighted by atomic mass is 9.83. The normalized spacial score (nSPS) is 27.2. The molecule has 0 aliphatic heterocycles. The molecule has 0 bridgehead atoms. The summed E-state index contributed by atoms with van der Waals surface area (Å²) in [6.07, 6.45) is 18.1. The van der Waals surface area contributed by atoms with Gasteiger partial charge < -0.3 is 11.1 Å². The first-order valence-corrected chi connectivity index (χ1v) is 8.32. The molecule has 2 rings (SSSR count). The Labute approximate surface area is 113 Å². The fourth-order valence-corrected chi connectivity index (χ4v) is 3.85. The van der Waals surface area contributed by atoms with Gasteiger partial charge in [-0.05, 0) is 25.7 Å². The van der Waals surface area contributed by atoms with Crippen molar-refractivity contribution < 1.29 is 0 Å². The topological polar surface area (TPSA) is 38.0 Å². The van der Waals surface area contributed by atoms with Gasteiger partial charge in [0.25, 0.3) is 0 Å². The van der Waals surface area contributed by atoms with E-state index in [0.29, 0.717) is 0 Å². The molecule has 2 aliphatic carbocycles. The highest BCUT2D eigenvalue weighted by molar-refractivity contribution is 4.93. The lowest BCUT2D eigenvalue weighted by Gasteiger charge is -2.39. The second-order valence-electron chi connectivity index (χ2n) is 6.59. The molecule has 0 heterocycles. The van der Waals surface area contributed by atoms with Crippen LogP contribution in [0.15, 0.2) is 0 Å². The predicted octanol–water partition coefficient (Wildman–Crippen LogP) is 3.74. The van der Waals surface area contributed by atoms with Gasteiger partial charge in [0.05, 0.1) is 0 Å². The maximum absolute atomic E-state index is 6.15. The third-order valence-electron chi connectivity index (χ3n) is 5.07. The second-order valence-corrected chi connectivity index (χ2v) is 6.59. The van der Waals surface area contributed by atoms with E-state index in [1.165, 1.54) is 83.5 Å². The number of hydrogen-bond acceptors (Lipinski definition) is 2. The quantitative estimate of drug-likeness (QED) is 0.751. The number of hydrogen-bond donors (Lipinski definition) is 2. The number of rotatable bonds is 3. The molecule has 2 saturated carbocycles. The predicted molar refractivity (Wildman–Crippen MR) is 78.7 cm³/mol. The molecule has 2 aliphatic rings. The molecule has 0 atom stereocenters. The molecule has 2 heteroatoms. The molecule has 0 amide bonds. The maximum Gasteiger partial charge on any atom is 0.0306 e. The lowest BCUT2D eigenvalue weighted by Crippen LogP contribution is -2.55. The van der Waals surface area contributed by atoms with Crippen LogP contribution in [0.1, 0.15) is 83.5 Å². The van der Waals surface area contributed by atoms with E-state index in [0.717, 1.165) is 12.6 Å². The fourth-order valence-electron chi connectivity index (χ4n) is 3.85. The van der Waals surface area contributed by atoms with Crippen molar-refractivity contribution in [3.8, 4) is 0 Å². The Bertz CT molecular complexity index is 211. The van der Waals surface area contributed by atoms with Gasteiger partial charge in [-0.3, -0.25) is 0 Å². The van der Waals surface area contributed by atoms with Crippen molar-refractivity contribution in [2.24, 2.45) is 5.73 Å². The molecule has 0 unspecified atom stereocenters. The van der Waals surface area contributed by atoms with Gasteiger partial charge in [-0.15, -0.1) is 0 Å². The Morgan fingerprint density at radius 2 is 1.28 bits per heavy atom. The summed E-state index contributed by atoms with van der Waals surface area (Å²) in [4.78, 5) is 0. The van der Waals surface area contributed by atoms with Gasteiger partial charge in [-0.2, -0.15) is 0 Å². The molecule has 18 heavy (non-hydrogen) atoms. The van der Waals surface area contributed by atoms with Gasteiger partial charge in [0.2, 0.25) is 0 Å². The van der Waals surface area contributed by atoms with Crippen LogP contribution in [-0.2, 0) is 0 Å². The molecule has 2 nitrogen and oxygen atoms in total. The minimum Gasteiger partial charge on any atom is -0.329 e. The minimum absolute atomic E-state index is 0.273. The van der Waals surface area contributed by atoms with Gasteiger partial charge in [-0.25, -0.2) is 0 Å². The first kappa shape index (κ1) is 14.3. The van der Waals surface area contributed by atoms with Crippen LogP contribution in [0.5, 0.6) is 0 Å². The van der Waals surface area contributed by atoms with Crippen molar-refractivity contribution in [1.82, 2.24) is 5.32 Å². The van der Waals surface area contributed by atoms with Crippen molar-refractivity contribution in [2.75, 3.05) is 6.54 Å². The highest BCUT2D eigenvalue weighted by atomic mass is 15.0. The van der Waals surface area contributed by atoms with Gasteiger partial charge in [0.1, 0.15) is 0 Å². The van der Waals surface area contributed by atoms with Crippen LogP contribution in [0.4, 0.5) is 0 Å². The largest absolute Gasteiger partial charge is 0.329 e. The lowest BCUT2D eigenvalue weighted by molar-refractivity contribution is 0.220. The minimum atomic E-state index is 0.273. The molecule has 0 spiro atoms. The summed E-state index contributed by atoms with van der Waals surface area (Å²) in [6.45, 7) is 0.837. The Balaban J connectivity index is 1.91. The summed E-state index contributed by atoms with van der Waals surface area (Å²) in [6, 6.07) is 0.746. The van der Waals surface area contributed by atoms with E-state index in [4.69, 9.17) is 5.73 Å². The smallest absolute Gasteiger partial charge is 0.0306 e. The van der Waals surface area contributed by atoms with E-state index in [2.05, 4.69) is 5.32 Å². The van der Waals surface area contributed by atoms with Crippen LogP contribution in [0.3, 0.4) is 0 Å². The van der Waals surface area contributed by atoms with Gasteiger partial charge in [-0.1, -0.05) is 57.8 Å². The Morgan fingerprint density at radius 3 is 1.83 bits per heavy atom. The molecular weight excluding hydrogens is 220 g/mol. The zero-order valence-electron chi connectivity index (χ0n) is 12.1. The maximum atomic E-state index is 6.15. The van der Waals surface area contributed by atoms with Crippen molar-refractivity contribution in [1.29, 1.82) is 0 Å². The zero-order chi connectivity index (χ0) is 12.7. The molecule has 2 fully saturated rings. The summed E-state index contributed by atoms with van der Waals surface area (Å²) in [5.41, 5.74) is 6.43. The average molecular weight is 252 g/mol. The molecule has 0 aromatic heterocycles. The zero-order valence-corrected chi connectivity index (χ0v) is 12.1. The Morgan fingerprint density at radius 1 is 0.778 bits per heavy atom. The highest BCUT2D eigenvalue weighted by Gasteiger charge is 2.31. The molecule has 0 radical (unpaired) electrons. The second kappa shape index (κ2) is 7.49. The molecular formula is C16H32N2. The van der Waals surface area contributed by atoms with E-state index >= 15 is 0 Å². The van der Waals surface area contributed by atoms with Gasteiger partial charge in [0, 0.05) is 18.1 Å². The Hall–Kier alpha value is -0.0800. The van der Waals surface area contributed by atoms with Crippen LogP contribution in [0.25, 0.3) is 0 Å². The van der Waals surface area contributed by atoms with Crippen molar-refractivity contribution >= 4 is 0 Å². The van der Waals surface area contributed by atoms with Gasteiger partial charge >= 0.3 is 0 Å². The van der Waals surface area contributed by atoms with Crippen LogP contribution in [-0.4, -0.2) is 18.1 Å². The Kier molecular flexibility index (Phi) is 5.97.